The first-order valence-corrected chi connectivity index (χ1v) is 7.11. The Hall–Kier alpha value is -0.450. The molecule has 15 heavy (non-hydrogen) atoms. The maximum Gasteiger partial charge on any atom is 0.0326 e. The van der Waals surface area contributed by atoms with Crippen LogP contribution in [0.4, 0.5) is 5.69 Å². The summed E-state index contributed by atoms with van der Waals surface area (Å²) in [5, 5.41) is 2.11. The van der Waals surface area contributed by atoms with Gasteiger partial charge in [0.05, 0.1) is 0 Å². The molecular formula is C11H10BrNS2. The van der Waals surface area contributed by atoms with Crippen molar-refractivity contribution < 1.29 is 0 Å². The number of hydrogen-bond donors (Lipinski definition) is 1. The van der Waals surface area contributed by atoms with Crippen molar-refractivity contribution in [3.63, 3.8) is 0 Å². The molecule has 1 aromatic heterocycles. The molecule has 0 radical (unpaired) electrons. The second-order valence-electron chi connectivity index (χ2n) is 3.09. The zero-order valence-electron chi connectivity index (χ0n) is 7.94. The molecule has 2 aromatic rings. The molecule has 2 N–H and O–H groups in total. The van der Waals surface area contributed by atoms with Gasteiger partial charge in [-0.2, -0.15) is 0 Å². The van der Waals surface area contributed by atoms with Gasteiger partial charge in [0, 0.05) is 31.1 Å². The molecule has 0 aliphatic heterocycles. The predicted octanol–water partition coefficient (Wildman–Crippen LogP) is 4.39. The van der Waals surface area contributed by atoms with Crippen molar-refractivity contribution in [2.75, 3.05) is 5.73 Å². The molecule has 1 nitrogen and oxygen atoms in total. The van der Waals surface area contributed by atoms with E-state index in [1.165, 1.54) is 14.2 Å². The predicted molar refractivity (Wildman–Crippen MR) is 72.4 cm³/mol. The average Bonchev–Trinajstić information content (AvgIpc) is 2.64. The number of thioether (sulfide) groups is 1. The van der Waals surface area contributed by atoms with Gasteiger partial charge in [-0.15, -0.1) is 23.1 Å². The summed E-state index contributed by atoms with van der Waals surface area (Å²) in [6, 6.07) is 10.2. The zero-order chi connectivity index (χ0) is 10.7. The van der Waals surface area contributed by atoms with Gasteiger partial charge in [0.25, 0.3) is 0 Å². The van der Waals surface area contributed by atoms with Gasteiger partial charge in [-0.25, -0.2) is 0 Å². The van der Waals surface area contributed by atoms with Gasteiger partial charge in [-0.05, 0) is 46.3 Å². The highest BCUT2D eigenvalue weighted by Crippen LogP contribution is 2.28. The van der Waals surface area contributed by atoms with Crippen LogP contribution >= 0.6 is 39.0 Å². The molecule has 0 fully saturated rings. The maximum absolute atomic E-state index is 5.62. The molecule has 4 heteroatoms. The van der Waals surface area contributed by atoms with Crippen molar-refractivity contribution in [1.29, 1.82) is 0 Å². The Morgan fingerprint density at radius 1 is 1.27 bits per heavy atom. The Labute approximate surface area is 106 Å². The maximum atomic E-state index is 5.62. The van der Waals surface area contributed by atoms with E-state index in [0.717, 1.165) is 11.4 Å². The quantitative estimate of drug-likeness (QED) is 0.672. The number of nitrogen functional groups attached to an aromatic ring is 1. The van der Waals surface area contributed by atoms with Crippen molar-refractivity contribution in [1.82, 2.24) is 0 Å². The first-order valence-electron chi connectivity index (χ1n) is 4.45. The molecule has 0 aliphatic carbocycles. The third kappa shape index (κ3) is 3.26. The van der Waals surface area contributed by atoms with Crippen molar-refractivity contribution in [3.8, 4) is 0 Å². The third-order valence-electron chi connectivity index (χ3n) is 1.88. The molecule has 0 saturated carbocycles. The summed E-state index contributed by atoms with van der Waals surface area (Å²) in [5.41, 5.74) is 6.44. The number of hydrogen-bond acceptors (Lipinski definition) is 3. The van der Waals surface area contributed by atoms with Gasteiger partial charge >= 0.3 is 0 Å². The molecule has 0 atom stereocenters. The number of benzene rings is 1. The third-order valence-corrected chi connectivity index (χ3v) is 4.82. The Bertz CT molecular complexity index is 436. The van der Waals surface area contributed by atoms with Crippen LogP contribution in [0.1, 0.15) is 4.88 Å². The summed E-state index contributed by atoms with van der Waals surface area (Å²) < 4.78 is 1.17. The first kappa shape index (κ1) is 11.0. The Morgan fingerprint density at radius 3 is 2.60 bits per heavy atom. The molecule has 0 amide bonds. The molecule has 2 rings (SSSR count). The van der Waals surface area contributed by atoms with Crippen molar-refractivity contribution in [3.05, 3.63) is 45.1 Å². The summed E-state index contributed by atoms with van der Waals surface area (Å²) in [7, 11) is 0. The van der Waals surface area contributed by atoms with E-state index in [0.29, 0.717) is 0 Å². The fourth-order valence-corrected chi connectivity index (χ4v) is 3.55. The lowest BCUT2D eigenvalue weighted by Gasteiger charge is -1.99. The highest BCUT2D eigenvalue weighted by Gasteiger charge is 1.99. The van der Waals surface area contributed by atoms with Gasteiger partial charge < -0.3 is 5.73 Å². The minimum Gasteiger partial charge on any atom is -0.399 e. The highest BCUT2D eigenvalue weighted by atomic mass is 79.9. The van der Waals surface area contributed by atoms with Gasteiger partial charge in [0.2, 0.25) is 0 Å². The largest absolute Gasteiger partial charge is 0.399 e. The van der Waals surface area contributed by atoms with Crippen LogP contribution in [0.3, 0.4) is 0 Å². The SMILES string of the molecule is Nc1ccc(SCc2cc(Br)cs2)cc1. The van der Waals surface area contributed by atoms with Crippen LogP contribution in [-0.4, -0.2) is 0 Å². The number of halogens is 1. The van der Waals surface area contributed by atoms with Crippen LogP contribution in [-0.2, 0) is 5.75 Å². The van der Waals surface area contributed by atoms with Crippen LogP contribution in [0.2, 0.25) is 0 Å². The minimum atomic E-state index is 0.818. The van der Waals surface area contributed by atoms with E-state index < -0.39 is 0 Å². The molecule has 78 valence electrons. The molecule has 0 unspecified atom stereocenters. The number of nitrogens with two attached hydrogens (primary N) is 1. The van der Waals surface area contributed by atoms with Crippen LogP contribution in [0, 0.1) is 0 Å². The fraction of sp³-hybridized carbons (Fsp3) is 0.0909. The van der Waals surface area contributed by atoms with Crippen molar-refractivity contribution >= 4 is 44.7 Å². The van der Waals surface area contributed by atoms with E-state index in [2.05, 4.69) is 39.5 Å². The molecule has 0 spiro atoms. The summed E-state index contributed by atoms with van der Waals surface area (Å²) in [6.07, 6.45) is 0. The zero-order valence-corrected chi connectivity index (χ0v) is 11.2. The van der Waals surface area contributed by atoms with Crippen molar-refractivity contribution in [2.24, 2.45) is 0 Å². The Balaban J connectivity index is 1.96. The van der Waals surface area contributed by atoms with E-state index in [4.69, 9.17) is 5.73 Å². The normalized spacial score (nSPS) is 10.5. The van der Waals surface area contributed by atoms with E-state index in [-0.39, 0.29) is 0 Å². The summed E-state index contributed by atoms with van der Waals surface area (Å²) in [4.78, 5) is 2.64. The lowest BCUT2D eigenvalue weighted by molar-refractivity contribution is 1.43. The van der Waals surface area contributed by atoms with Gasteiger partial charge in [-0.1, -0.05) is 0 Å². The summed E-state index contributed by atoms with van der Waals surface area (Å²) in [5.74, 6) is 1.01. The molecule has 1 aromatic carbocycles. The van der Waals surface area contributed by atoms with Crippen LogP contribution < -0.4 is 5.73 Å². The van der Waals surface area contributed by atoms with Gasteiger partial charge in [-0.3, -0.25) is 0 Å². The van der Waals surface area contributed by atoms with Crippen LogP contribution in [0.25, 0.3) is 0 Å². The van der Waals surface area contributed by atoms with Crippen molar-refractivity contribution in [2.45, 2.75) is 10.6 Å². The lowest BCUT2D eigenvalue weighted by atomic mass is 10.3. The first-order chi connectivity index (χ1) is 7.24. The van der Waals surface area contributed by atoms with Crippen LogP contribution in [0.5, 0.6) is 0 Å². The second kappa shape index (κ2) is 5.05. The van der Waals surface area contributed by atoms with E-state index in [1.807, 2.05) is 23.9 Å². The van der Waals surface area contributed by atoms with E-state index >= 15 is 0 Å². The smallest absolute Gasteiger partial charge is 0.0326 e. The molecular weight excluding hydrogens is 290 g/mol. The highest BCUT2D eigenvalue weighted by molar-refractivity contribution is 9.10. The molecule has 1 heterocycles. The molecule has 0 aliphatic rings. The van der Waals surface area contributed by atoms with Gasteiger partial charge in [0.15, 0.2) is 0 Å². The lowest BCUT2D eigenvalue weighted by Crippen LogP contribution is -1.82. The monoisotopic (exact) mass is 299 g/mol. The molecule has 0 bridgehead atoms. The van der Waals surface area contributed by atoms with E-state index in [9.17, 15) is 0 Å². The number of anilines is 1. The topological polar surface area (TPSA) is 26.0 Å². The average molecular weight is 300 g/mol. The Morgan fingerprint density at radius 2 is 2.00 bits per heavy atom. The van der Waals surface area contributed by atoms with Gasteiger partial charge in [0.1, 0.15) is 0 Å². The molecule has 0 saturated heterocycles. The number of rotatable bonds is 3. The second-order valence-corrected chi connectivity index (χ2v) is 6.05. The standard InChI is InChI=1S/C11H10BrNS2/c12-8-5-11(14-6-8)7-15-10-3-1-9(13)2-4-10/h1-6H,7,13H2. The summed E-state index contributed by atoms with van der Waals surface area (Å²) in [6.45, 7) is 0. The van der Waals surface area contributed by atoms with Crippen LogP contribution in [0.15, 0.2) is 45.1 Å². The van der Waals surface area contributed by atoms with E-state index in [1.54, 1.807) is 11.3 Å². The summed E-state index contributed by atoms with van der Waals surface area (Å²) >= 11 is 7.06. The minimum absolute atomic E-state index is 0.818. The number of thiophene rings is 1. The fourth-order valence-electron chi connectivity index (χ4n) is 1.15. The Kier molecular flexibility index (Phi) is 3.72.